The molecule has 1 atom stereocenters. The first-order valence-electron chi connectivity index (χ1n) is 8.41. The van der Waals surface area contributed by atoms with Gasteiger partial charge in [-0.25, -0.2) is 0 Å². The maximum atomic E-state index is 12.2. The highest BCUT2D eigenvalue weighted by Crippen LogP contribution is 2.47. The minimum atomic E-state index is -1.10. The van der Waals surface area contributed by atoms with Gasteiger partial charge in [-0.05, 0) is 52.4 Å². The zero-order valence-electron chi connectivity index (χ0n) is 13.5. The van der Waals surface area contributed by atoms with Crippen LogP contribution >= 0.6 is 0 Å². The summed E-state index contributed by atoms with van der Waals surface area (Å²) < 4.78 is 16.5. The molecule has 116 valence electrons. The van der Waals surface area contributed by atoms with Gasteiger partial charge in [0.1, 0.15) is 16.1 Å². The molecule has 0 aromatic heterocycles. The van der Waals surface area contributed by atoms with Gasteiger partial charge in [0.2, 0.25) is 0 Å². The van der Waals surface area contributed by atoms with Crippen LogP contribution in [-0.2, 0) is 11.4 Å². The van der Waals surface area contributed by atoms with Gasteiger partial charge in [0.15, 0.2) is 0 Å². The monoisotopic (exact) mass is 297 g/mol. The number of rotatable bonds is 3. The Morgan fingerprint density at radius 2 is 1.55 bits per heavy atom. The van der Waals surface area contributed by atoms with Crippen molar-refractivity contribution in [1.82, 2.24) is 0 Å². The van der Waals surface area contributed by atoms with Crippen molar-refractivity contribution in [3.05, 3.63) is 0 Å². The summed E-state index contributed by atoms with van der Waals surface area (Å²) in [7, 11) is 0. The first kappa shape index (κ1) is 16.4. The molecule has 3 heteroatoms. The zero-order valence-corrected chi connectivity index (χ0v) is 14.3. The lowest BCUT2D eigenvalue weighted by atomic mass is 9.62. The van der Waals surface area contributed by atoms with Crippen LogP contribution in [0.5, 0.6) is 0 Å². The minimum absolute atomic E-state index is 0.237. The summed E-state index contributed by atoms with van der Waals surface area (Å²) in [5.74, 6) is 0.789. The fourth-order valence-corrected chi connectivity index (χ4v) is 4.46. The van der Waals surface area contributed by atoms with Gasteiger partial charge in [-0.2, -0.15) is 0 Å². The van der Waals surface area contributed by atoms with Gasteiger partial charge in [0.05, 0.1) is 6.21 Å². The second-order valence-corrected chi connectivity index (χ2v) is 9.66. The summed E-state index contributed by atoms with van der Waals surface area (Å²) in [4.78, 5) is 0. The highest BCUT2D eigenvalue weighted by molar-refractivity contribution is 7.91. The van der Waals surface area contributed by atoms with Crippen LogP contribution in [0, 0.1) is 11.3 Å². The molecule has 0 aromatic rings. The van der Waals surface area contributed by atoms with Crippen molar-refractivity contribution in [1.29, 1.82) is 0 Å². The van der Waals surface area contributed by atoms with E-state index in [4.69, 9.17) is 0 Å². The molecular formula is C17H31NOS. The van der Waals surface area contributed by atoms with Crippen molar-refractivity contribution in [2.75, 3.05) is 0 Å². The quantitative estimate of drug-likeness (QED) is 0.530. The Morgan fingerprint density at radius 1 is 1.00 bits per heavy atom. The molecule has 20 heavy (non-hydrogen) atoms. The van der Waals surface area contributed by atoms with Crippen molar-refractivity contribution in [3.63, 3.8) is 0 Å². The molecule has 0 amide bonds. The molecular weight excluding hydrogens is 266 g/mol. The molecule has 0 aliphatic heterocycles. The molecule has 2 aliphatic carbocycles. The second-order valence-electron chi connectivity index (χ2n) is 7.72. The Kier molecular flexibility index (Phi) is 5.58. The van der Waals surface area contributed by atoms with E-state index < -0.39 is 11.4 Å². The Labute approximate surface area is 128 Å². The van der Waals surface area contributed by atoms with Crippen LogP contribution in [0.15, 0.2) is 4.40 Å². The van der Waals surface area contributed by atoms with Crippen molar-refractivity contribution >= 4 is 17.6 Å². The largest absolute Gasteiger partial charge is 0.591 e. The lowest BCUT2D eigenvalue weighted by Crippen LogP contribution is -2.37. The molecule has 0 aromatic carbocycles. The fraction of sp³-hybridized carbons (Fsp3) is 0.941. The van der Waals surface area contributed by atoms with E-state index in [2.05, 4.69) is 10.6 Å². The van der Waals surface area contributed by atoms with E-state index in [1.165, 1.54) is 64.2 Å². The second kappa shape index (κ2) is 6.83. The molecule has 1 unspecified atom stereocenters. The maximum absolute atomic E-state index is 12.2. The third-order valence-electron chi connectivity index (χ3n) is 5.13. The predicted octanol–water partition coefficient (Wildman–Crippen LogP) is 5.05. The van der Waals surface area contributed by atoms with Gasteiger partial charge in [-0.15, -0.1) is 0 Å². The highest BCUT2D eigenvalue weighted by atomic mass is 32.2. The highest BCUT2D eigenvalue weighted by Gasteiger charge is 2.40. The SMILES string of the molecule is CC(C)(C)[S+]([O-])N=CC1(C2CCCCC2)CCCCC1. The lowest BCUT2D eigenvalue weighted by molar-refractivity contribution is 0.144. The Bertz CT molecular complexity index is 322. The van der Waals surface area contributed by atoms with Gasteiger partial charge >= 0.3 is 0 Å². The summed E-state index contributed by atoms with van der Waals surface area (Å²) in [6.45, 7) is 6.03. The van der Waals surface area contributed by atoms with Crippen LogP contribution in [-0.4, -0.2) is 15.5 Å². The van der Waals surface area contributed by atoms with Crippen LogP contribution in [0.25, 0.3) is 0 Å². The maximum Gasteiger partial charge on any atom is 0.144 e. The molecule has 2 aliphatic rings. The van der Waals surface area contributed by atoms with Crippen molar-refractivity contribution in [3.8, 4) is 0 Å². The Balaban J connectivity index is 2.12. The summed E-state index contributed by atoms with van der Waals surface area (Å²) >= 11 is -1.10. The Morgan fingerprint density at radius 3 is 2.10 bits per heavy atom. The van der Waals surface area contributed by atoms with Gasteiger partial charge < -0.3 is 4.55 Å². The number of nitrogens with zero attached hydrogens (tertiary/aromatic N) is 1. The molecule has 2 fully saturated rings. The molecule has 2 rings (SSSR count). The molecule has 0 radical (unpaired) electrons. The van der Waals surface area contributed by atoms with E-state index in [1.807, 2.05) is 20.8 Å². The van der Waals surface area contributed by atoms with E-state index in [0.717, 1.165) is 5.92 Å². The van der Waals surface area contributed by atoms with E-state index in [1.54, 1.807) is 0 Å². The summed E-state index contributed by atoms with van der Waals surface area (Å²) in [6.07, 6.45) is 15.6. The lowest BCUT2D eigenvalue weighted by Gasteiger charge is -2.42. The van der Waals surface area contributed by atoms with Crippen molar-refractivity contribution in [2.45, 2.75) is 89.7 Å². The number of hydrogen-bond donors (Lipinski definition) is 0. The summed E-state index contributed by atoms with van der Waals surface area (Å²) in [6, 6.07) is 0. The first-order chi connectivity index (χ1) is 9.44. The van der Waals surface area contributed by atoms with Crippen LogP contribution in [0.1, 0.15) is 85.0 Å². The van der Waals surface area contributed by atoms with E-state index in [0.29, 0.717) is 0 Å². The Hall–Kier alpha value is -0.0200. The first-order valence-corrected chi connectivity index (χ1v) is 9.52. The topological polar surface area (TPSA) is 35.4 Å². The van der Waals surface area contributed by atoms with Crippen molar-refractivity contribution < 1.29 is 4.55 Å². The molecule has 0 spiro atoms. The van der Waals surface area contributed by atoms with Crippen molar-refractivity contribution in [2.24, 2.45) is 15.7 Å². The normalized spacial score (nSPS) is 26.8. The van der Waals surface area contributed by atoms with E-state index >= 15 is 0 Å². The summed E-state index contributed by atoms with van der Waals surface area (Å²) in [5.41, 5.74) is 0.263. The van der Waals surface area contributed by atoms with Crippen LogP contribution in [0.2, 0.25) is 0 Å². The van der Waals surface area contributed by atoms with Gasteiger partial charge in [0.25, 0.3) is 0 Å². The van der Waals surface area contributed by atoms with Crippen LogP contribution in [0.4, 0.5) is 0 Å². The molecule has 0 heterocycles. The molecule has 0 bridgehead atoms. The molecule has 0 saturated heterocycles. The third-order valence-corrected chi connectivity index (χ3v) is 6.48. The fourth-order valence-electron chi connectivity index (χ4n) is 3.84. The van der Waals surface area contributed by atoms with E-state index in [9.17, 15) is 4.55 Å². The molecule has 0 N–H and O–H groups in total. The molecule has 2 nitrogen and oxygen atoms in total. The average Bonchev–Trinajstić information content (AvgIpc) is 2.45. The number of hydrogen-bond acceptors (Lipinski definition) is 2. The van der Waals surface area contributed by atoms with Gasteiger partial charge in [0, 0.05) is 5.41 Å². The van der Waals surface area contributed by atoms with E-state index in [-0.39, 0.29) is 10.2 Å². The standard InChI is InChI=1S/C17H31NOS/c1-16(2,3)20(19)18-14-17(12-8-5-9-13-17)15-10-6-4-7-11-15/h14-15H,4-13H2,1-3H3. The minimum Gasteiger partial charge on any atom is -0.591 e. The van der Waals surface area contributed by atoms with Gasteiger partial charge in [-0.1, -0.05) is 42.9 Å². The van der Waals surface area contributed by atoms with Crippen LogP contribution < -0.4 is 0 Å². The zero-order chi connectivity index (χ0) is 14.6. The average molecular weight is 298 g/mol. The summed E-state index contributed by atoms with van der Waals surface area (Å²) in [5, 5.41) is 0. The smallest absolute Gasteiger partial charge is 0.144 e. The third kappa shape index (κ3) is 4.00. The molecule has 2 saturated carbocycles. The van der Waals surface area contributed by atoms with Gasteiger partial charge in [-0.3, -0.25) is 0 Å². The predicted molar refractivity (Wildman–Crippen MR) is 88.5 cm³/mol. The van der Waals surface area contributed by atoms with Crippen LogP contribution in [0.3, 0.4) is 0 Å².